The number of fused-ring (bicyclic) bond motifs is 1. The predicted molar refractivity (Wildman–Crippen MR) is 160 cm³/mol. The number of carbonyl (C=O) groups excluding carboxylic acids is 1. The van der Waals surface area contributed by atoms with Gasteiger partial charge in [-0.05, 0) is 74.0 Å². The number of amides is 2. The van der Waals surface area contributed by atoms with Crippen LogP contribution in [0.2, 0.25) is 10.0 Å². The largest absolute Gasteiger partial charge is 0.492 e. The second kappa shape index (κ2) is 13.1. The summed E-state index contributed by atoms with van der Waals surface area (Å²) in [7, 11) is 0. The van der Waals surface area contributed by atoms with E-state index in [1.165, 1.54) is 32.4 Å². The number of hydrogen-bond donors (Lipinski definition) is 2. The summed E-state index contributed by atoms with van der Waals surface area (Å²) < 4.78 is 12.1. The van der Waals surface area contributed by atoms with Crippen molar-refractivity contribution >= 4 is 51.4 Å². The molecule has 0 atom stereocenters. The Balaban J connectivity index is 1.18. The summed E-state index contributed by atoms with van der Waals surface area (Å²) in [6, 6.07) is 24.1. The smallest absolute Gasteiger partial charge is 0.323 e. The van der Waals surface area contributed by atoms with Gasteiger partial charge < -0.3 is 20.1 Å². The van der Waals surface area contributed by atoms with Crippen LogP contribution in [0, 0.1) is 0 Å². The van der Waals surface area contributed by atoms with E-state index in [1.807, 2.05) is 60.7 Å². The quantitative estimate of drug-likeness (QED) is 0.215. The highest BCUT2D eigenvalue weighted by atomic mass is 35.5. The first-order valence-corrected chi connectivity index (χ1v) is 13.9. The van der Waals surface area contributed by atoms with Crippen LogP contribution in [0.3, 0.4) is 0 Å². The molecule has 8 heteroatoms. The van der Waals surface area contributed by atoms with E-state index in [9.17, 15) is 4.79 Å². The van der Waals surface area contributed by atoms with E-state index in [-0.39, 0.29) is 6.03 Å². The maximum atomic E-state index is 12.6. The molecular weight excluding hydrogens is 533 g/mol. The van der Waals surface area contributed by atoms with Gasteiger partial charge in [0.1, 0.15) is 24.7 Å². The van der Waals surface area contributed by atoms with Gasteiger partial charge in [0.25, 0.3) is 0 Å². The van der Waals surface area contributed by atoms with Crippen molar-refractivity contribution in [2.45, 2.75) is 25.9 Å². The first kappa shape index (κ1) is 27.1. The van der Waals surface area contributed by atoms with Crippen LogP contribution in [-0.4, -0.2) is 37.2 Å². The van der Waals surface area contributed by atoms with Crippen molar-refractivity contribution in [1.29, 1.82) is 0 Å². The van der Waals surface area contributed by atoms with Crippen LogP contribution in [0.25, 0.3) is 10.8 Å². The number of benzene rings is 4. The van der Waals surface area contributed by atoms with E-state index in [0.717, 1.165) is 34.4 Å². The maximum absolute atomic E-state index is 12.6. The van der Waals surface area contributed by atoms with Gasteiger partial charge in [-0.2, -0.15) is 0 Å². The second-order valence-corrected chi connectivity index (χ2v) is 10.4. The topological polar surface area (TPSA) is 62.8 Å². The van der Waals surface area contributed by atoms with E-state index in [1.54, 1.807) is 18.2 Å². The average Bonchev–Trinajstić information content (AvgIpc) is 2.96. The van der Waals surface area contributed by atoms with Crippen LogP contribution in [0.1, 0.15) is 24.8 Å². The third-order valence-corrected chi connectivity index (χ3v) is 7.49. The Kier molecular flexibility index (Phi) is 9.09. The van der Waals surface area contributed by atoms with E-state index in [2.05, 4.69) is 15.5 Å². The maximum Gasteiger partial charge on any atom is 0.323 e. The standard InChI is InChI=1S/C31H31Cl2N3O3/c32-27-13-10-23(20-28(27)33)34-31(37)35-29-14-15-30(26-7-3-2-6-25(26)29)39-21-22-8-11-24(12-9-22)38-19-18-36-16-4-1-5-17-36/h2-3,6-15,20H,1,4-5,16-19,21H2,(H2,34,35,37). The highest BCUT2D eigenvalue weighted by Crippen LogP contribution is 2.32. The predicted octanol–water partition coefficient (Wildman–Crippen LogP) is 8.23. The molecule has 0 spiro atoms. The number of likely N-dealkylation sites (tertiary alicyclic amines) is 1. The molecule has 0 aliphatic carbocycles. The fourth-order valence-corrected chi connectivity index (χ4v) is 4.98. The zero-order chi connectivity index (χ0) is 27.0. The molecule has 1 fully saturated rings. The van der Waals surface area contributed by atoms with Crippen LogP contribution >= 0.6 is 23.2 Å². The molecule has 4 aromatic carbocycles. The molecule has 5 rings (SSSR count). The van der Waals surface area contributed by atoms with Gasteiger partial charge in [0.15, 0.2) is 0 Å². The Bertz CT molecular complexity index is 1420. The number of anilines is 2. The molecule has 1 aliphatic heterocycles. The Labute approximate surface area is 238 Å². The SMILES string of the molecule is O=C(Nc1ccc(Cl)c(Cl)c1)Nc1ccc(OCc2ccc(OCCN3CCCCC3)cc2)c2ccccc12. The molecule has 202 valence electrons. The summed E-state index contributed by atoms with van der Waals surface area (Å²) >= 11 is 12.0. The second-order valence-electron chi connectivity index (χ2n) is 9.55. The lowest BCUT2D eigenvalue weighted by Crippen LogP contribution is -2.33. The normalized spacial score (nSPS) is 13.7. The Morgan fingerprint density at radius 1 is 0.795 bits per heavy atom. The molecule has 2 amide bonds. The summed E-state index contributed by atoms with van der Waals surface area (Å²) in [4.78, 5) is 15.1. The minimum absolute atomic E-state index is 0.372. The third-order valence-electron chi connectivity index (χ3n) is 6.75. The first-order valence-electron chi connectivity index (χ1n) is 13.2. The average molecular weight is 565 g/mol. The molecule has 0 unspecified atom stereocenters. The minimum atomic E-state index is -0.384. The first-order chi connectivity index (χ1) is 19.0. The molecule has 39 heavy (non-hydrogen) atoms. The molecule has 0 bridgehead atoms. The van der Waals surface area contributed by atoms with Crippen molar-refractivity contribution in [3.63, 3.8) is 0 Å². The van der Waals surface area contributed by atoms with Gasteiger partial charge in [0, 0.05) is 23.0 Å². The van der Waals surface area contributed by atoms with Crippen LogP contribution in [-0.2, 0) is 6.61 Å². The third kappa shape index (κ3) is 7.35. The molecular formula is C31H31Cl2N3O3. The molecule has 1 saturated heterocycles. The Hall–Kier alpha value is -3.45. The van der Waals surface area contributed by atoms with Crippen LogP contribution < -0.4 is 20.1 Å². The minimum Gasteiger partial charge on any atom is -0.492 e. The van der Waals surface area contributed by atoms with Gasteiger partial charge in [0.05, 0.1) is 15.7 Å². The van der Waals surface area contributed by atoms with Crippen LogP contribution in [0.4, 0.5) is 16.2 Å². The van der Waals surface area contributed by atoms with Gasteiger partial charge in [-0.1, -0.05) is 66.0 Å². The van der Waals surface area contributed by atoms with Gasteiger partial charge in [-0.15, -0.1) is 0 Å². The molecule has 2 N–H and O–H groups in total. The van der Waals surface area contributed by atoms with Gasteiger partial charge >= 0.3 is 6.03 Å². The monoisotopic (exact) mass is 563 g/mol. The van der Waals surface area contributed by atoms with E-state index in [4.69, 9.17) is 32.7 Å². The van der Waals surface area contributed by atoms with Crippen molar-refractivity contribution in [3.8, 4) is 11.5 Å². The molecule has 1 heterocycles. The van der Waals surface area contributed by atoms with Crippen molar-refractivity contribution in [3.05, 3.63) is 94.5 Å². The molecule has 0 radical (unpaired) electrons. The van der Waals surface area contributed by atoms with Crippen LogP contribution in [0.5, 0.6) is 11.5 Å². The lowest BCUT2D eigenvalue weighted by Gasteiger charge is -2.26. The number of nitrogens with zero attached hydrogens (tertiary/aromatic N) is 1. The lowest BCUT2D eigenvalue weighted by atomic mass is 10.1. The molecule has 1 aliphatic rings. The Morgan fingerprint density at radius 3 is 2.33 bits per heavy atom. The number of ether oxygens (including phenoxy) is 2. The molecule has 6 nitrogen and oxygen atoms in total. The number of carbonyl (C=O) groups is 1. The van der Waals surface area contributed by atoms with Crippen molar-refractivity contribution < 1.29 is 14.3 Å². The van der Waals surface area contributed by atoms with Gasteiger partial charge in [0.2, 0.25) is 0 Å². The van der Waals surface area contributed by atoms with E-state index in [0.29, 0.717) is 34.6 Å². The number of nitrogens with one attached hydrogen (secondary N) is 2. The summed E-state index contributed by atoms with van der Waals surface area (Å²) in [6.07, 6.45) is 3.92. The van der Waals surface area contributed by atoms with Crippen LogP contribution in [0.15, 0.2) is 78.9 Å². The molecule has 0 saturated carbocycles. The zero-order valence-corrected chi connectivity index (χ0v) is 23.1. The van der Waals surface area contributed by atoms with E-state index >= 15 is 0 Å². The number of halogens is 2. The summed E-state index contributed by atoms with van der Waals surface area (Å²) in [5.41, 5.74) is 2.26. The van der Waals surface area contributed by atoms with E-state index < -0.39 is 0 Å². The zero-order valence-electron chi connectivity index (χ0n) is 21.6. The Morgan fingerprint density at radius 2 is 1.56 bits per heavy atom. The summed E-state index contributed by atoms with van der Waals surface area (Å²) in [6.45, 7) is 4.45. The number of rotatable bonds is 9. The van der Waals surface area contributed by atoms with Crippen molar-refractivity contribution in [2.75, 3.05) is 36.9 Å². The van der Waals surface area contributed by atoms with Gasteiger partial charge in [-0.25, -0.2) is 4.79 Å². The molecule has 0 aromatic heterocycles. The fraction of sp³-hybridized carbons (Fsp3) is 0.258. The summed E-state index contributed by atoms with van der Waals surface area (Å²) in [5, 5.41) is 8.27. The van der Waals surface area contributed by atoms with Gasteiger partial charge in [-0.3, -0.25) is 4.90 Å². The highest BCUT2D eigenvalue weighted by molar-refractivity contribution is 6.42. The number of hydrogen-bond acceptors (Lipinski definition) is 4. The highest BCUT2D eigenvalue weighted by Gasteiger charge is 2.12. The van der Waals surface area contributed by atoms with Crippen molar-refractivity contribution in [1.82, 2.24) is 4.90 Å². The summed E-state index contributed by atoms with van der Waals surface area (Å²) in [5.74, 6) is 1.61. The fourth-order valence-electron chi connectivity index (χ4n) is 4.68. The van der Waals surface area contributed by atoms with Crippen molar-refractivity contribution in [2.24, 2.45) is 0 Å². The number of urea groups is 1. The number of piperidine rings is 1. The molecule has 4 aromatic rings. The lowest BCUT2D eigenvalue weighted by molar-refractivity contribution is 0.183.